The van der Waals surface area contributed by atoms with E-state index in [0.29, 0.717) is 12.6 Å². The quantitative estimate of drug-likeness (QED) is 0.578. The lowest BCUT2D eigenvalue weighted by Gasteiger charge is -2.11. The fourth-order valence-corrected chi connectivity index (χ4v) is 2.55. The summed E-state index contributed by atoms with van der Waals surface area (Å²) in [6, 6.07) is 2.36. The van der Waals surface area contributed by atoms with Crippen LogP contribution in [0.2, 0.25) is 0 Å². The largest absolute Gasteiger partial charge is 0.387 e. The van der Waals surface area contributed by atoms with Gasteiger partial charge in [-0.3, -0.25) is 4.79 Å². The van der Waals surface area contributed by atoms with E-state index in [4.69, 9.17) is 10.00 Å². The number of rotatable bonds is 5. The lowest BCUT2D eigenvalue weighted by molar-refractivity contribution is -0.117. The van der Waals surface area contributed by atoms with E-state index in [1.807, 2.05) is 6.07 Å². The van der Waals surface area contributed by atoms with Crippen LogP contribution in [0, 0.1) is 11.3 Å². The molecule has 0 spiro atoms. The predicted octanol–water partition coefficient (Wildman–Crippen LogP) is 1.22. The fourth-order valence-electron chi connectivity index (χ4n) is 2.55. The molecule has 0 bridgehead atoms. The number of nitriles is 1. The van der Waals surface area contributed by atoms with Crippen molar-refractivity contribution in [2.45, 2.75) is 50.7 Å². The van der Waals surface area contributed by atoms with Gasteiger partial charge in [-0.25, -0.2) is 0 Å². The monoisotopic (exact) mass is 263 g/mol. The van der Waals surface area contributed by atoms with Crippen molar-refractivity contribution in [2.24, 2.45) is 0 Å². The molecule has 1 atom stereocenters. The van der Waals surface area contributed by atoms with Crippen molar-refractivity contribution in [3.63, 3.8) is 0 Å². The molecule has 1 heterocycles. The summed E-state index contributed by atoms with van der Waals surface area (Å²) in [6.45, 7) is 1.26. The van der Waals surface area contributed by atoms with E-state index < -0.39 is 0 Å². The Morgan fingerprint density at radius 1 is 1.32 bits per heavy atom. The Kier molecular flexibility index (Phi) is 5.22. The Morgan fingerprint density at radius 3 is 2.74 bits per heavy atom. The Morgan fingerprint density at radius 2 is 2.11 bits per heavy atom. The first kappa shape index (κ1) is 13.9. The summed E-state index contributed by atoms with van der Waals surface area (Å²) in [7, 11) is 0. The molecule has 0 aromatic heterocycles. The van der Waals surface area contributed by atoms with E-state index in [9.17, 15) is 4.79 Å². The highest BCUT2D eigenvalue weighted by Gasteiger charge is 2.18. The molecule has 1 aliphatic carbocycles. The predicted molar refractivity (Wildman–Crippen MR) is 71.1 cm³/mol. The van der Waals surface area contributed by atoms with Crippen molar-refractivity contribution in [3.8, 4) is 6.07 Å². The maximum Gasteiger partial charge on any atom is 0.263 e. The third-order valence-corrected chi connectivity index (χ3v) is 3.70. The van der Waals surface area contributed by atoms with Crippen LogP contribution in [0.4, 0.5) is 0 Å². The summed E-state index contributed by atoms with van der Waals surface area (Å²) >= 11 is 0. The molecule has 1 saturated heterocycles. The van der Waals surface area contributed by atoms with Gasteiger partial charge in [-0.1, -0.05) is 12.8 Å². The summed E-state index contributed by atoms with van der Waals surface area (Å²) in [4.78, 5) is 11.8. The second kappa shape index (κ2) is 7.15. The van der Waals surface area contributed by atoms with Gasteiger partial charge in [0.05, 0.1) is 6.10 Å². The van der Waals surface area contributed by atoms with Gasteiger partial charge < -0.3 is 15.4 Å². The Balaban J connectivity index is 1.76. The second-order valence-electron chi connectivity index (χ2n) is 5.16. The van der Waals surface area contributed by atoms with E-state index in [-0.39, 0.29) is 17.6 Å². The molecule has 2 rings (SSSR count). The Bertz CT molecular complexity index is 375. The first-order valence-electron chi connectivity index (χ1n) is 7.05. The van der Waals surface area contributed by atoms with Crippen LogP contribution in [0.1, 0.15) is 38.5 Å². The van der Waals surface area contributed by atoms with Crippen molar-refractivity contribution in [2.75, 3.05) is 13.2 Å². The molecule has 0 aromatic carbocycles. The van der Waals surface area contributed by atoms with Crippen molar-refractivity contribution in [1.82, 2.24) is 10.6 Å². The number of nitrogens with one attached hydrogen (secondary N) is 2. The first-order valence-corrected chi connectivity index (χ1v) is 7.05. The third kappa shape index (κ3) is 4.25. The zero-order chi connectivity index (χ0) is 13.5. The van der Waals surface area contributed by atoms with Gasteiger partial charge in [-0.15, -0.1) is 0 Å². The molecule has 5 heteroatoms. The van der Waals surface area contributed by atoms with Gasteiger partial charge in [0.15, 0.2) is 0 Å². The van der Waals surface area contributed by atoms with E-state index in [0.717, 1.165) is 32.3 Å². The average Bonchev–Trinajstić information content (AvgIpc) is 3.10. The molecular weight excluding hydrogens is 242 g/mol. The highest BCUT2D eigenvalue weighted by molar-refractivity contribution is 5.97. The molecule has 0 radical (unpaired) electrons. The summed E-state index contributed by atoms with van der Waals surface area (Å²) in [5.41, 5.74) is 0.143. The number of nitrogens with zero attached hydrogens (tertiary/aromatic N) is 1. The van der Waals surface area contributed by atoms with E-state index in [2.05, 4.69) is 10.6 Å². The van der Waals surface area contributed by atoms with Gasteiger partial charge in [0, 0.05) is 25.4 Å². The van der Waals surface area contributed by atoms with Crippen LogP contribution in [0.25, 0.3) is 0 Å². The molecule has 0 aromatic rings. The normalized spacial score (nSPS) is 24.2. The minimum atomic E-state index is -0.316. The van der Waals surface area contributed by atoms with Gasteiger partial charge in [0.2, 0.25) is 0 Å². The molecule has 19 heavy (non-hydrogen) atoms. The number of hydrogen-bond donors (Lipinski definition) is 2. The molecule has 5 nitrogen and oxygen atoms in total. The van der Waals surface area contributed by atoms with Crippen LogP contribution >= 0.6 is 0 Å². The van der Waals surface area contributed by atoms with Crippen molar-refractivity contribution < 1.29 is 9.53 Å². The number of amides is 1. The maximum absolute atomic E-state index is 11.8. The molecule has 2 aliphatic rings. The van der Waals surface area contributed by atoms with Crippen LogP contribution in [-0.2, 0) is 9.53 Å². The summed E-state index contributed by atoms with van der Waals surface area (Å²) < 4.78 is 5.43. The van der Waals surface area contributed by atoms with Gasteiger partial charge in [-0.05, 0) is 25.7 Å². The number of carbonyl (C=O) groups is 1. The van der Waals surface area contributed by atoms with Gasteiger partial charge in [0.25, 0.3) is 5.91 Å². The summed E-state index contributed by atoms with van der Waals surface area (Å²) in [6.07, 6.45) is 8.36. The minimum Gasteiger partial charge on any atom is -0.387 e. The third-order valence-electron chi connectivity index (χ3n) is 3.70. The summed E-state index contributed by atoms with van der Waals surface area (Å²) in [5.74, 6) is -0.316. The molecular formula is C14H21N3O2. The molecule has 2 N–H and O–H groups in total. The number of carbonyl (C=O) groups excluding carboxylic acids is 1. The zero-order valence-electron chi connectivity index (χ0n) is 11.2. The van der Waals surface area contributed by atoms with Crippen LogP contribution in [-0.4, -0.2) is 31.2 Å². The van der Waals surface area contributed by atoms with Gasteiger partial charge >= 0.3 is 0 Å². The molecule has 2 fully saturated rings. The number of hydrogen-bond acceptors (Lipinski definition) is 4. The highest BCUT2D eigenvalue weighted by atomic mass is 16.5. The molecule has 1 unspecified atom stereocenters. The molecule has 1 amide bonds. The molecule has 104 valence electrons. The smallest absolute Gasteiger partial charge is 0.263 e. The van der Waals surface area contributed by atoms with E-state index >= 15 is 0 Å². The van der Waals surface area contributed by atoms with Crippen LogP contribution in [0.15, 0.2) is 11.8 Å². The highest BCUT2D eigenvalue weighted by Crippen LogP contribution is 2.17. The van der Waals surface area contributed by atoms with Gasteiger partial charge in [0.1, 0.15) is 11.6 Å². The lowest BCUT2D eigenvalue weighted by atomic mass is 10.2. The Labute approximate surface area is 114 Å². The van der Waals surface area contributed by atoms with Crippen LogP contribution in [0.3, 0.4) is 0 Å². The summed E-state index contributed by atoms with van der Waals surface area (Å²) in [5, 5.41) is 14.9. The van der Waals surface area contributed by atoms with Crippen LogP contribution < -0.4 is 10.6 Å². The lowest BCUT2D eigenvalue weighted by Crippen LogP contribution is -2.33. The molecule has 1 aliphatic heterocycles. The fraction of sp³-hybridized carbons (Fsp3) is 0.714. The topological polar surface area (TPSA) is 74.2 Å². The first-order chi connectivity index (χ1) is 9.29. The minimum absolute atomic E-state index is 0.103. The Hall–Kier alpha value is -1.54. The van der Waals surface area contributed by atoms with Crippen LogP contribution in [0.5, 0.6) is 0 Å². The van der Waals surface area contributed by atoms with Crippen molar-refractivity contribution in [3.05, 3.63) is 11.8 Å². The van der Waals surface area contributed by atoms with Gasteiger partial charge in [-0.2, -0.15) is 5.26 Å². The standard InChI is InChI=1S/C14H21N3O2/c15-8-11(9-16-12-4-1-2-5-12)14(18)17-10-13-6-3-7-19-13/h9,12-13,16H,1-7,10H2,(H,17,18)/b11-9-. The van der Waals surface area contributed by atoms with E-state index in [1.165, 1.54) is 12.8 Å². The van der Waals surface area contributed by atoms with Crippen molar-refractivity contribution in [1.29, 1.82) is 5.26 Å². The average molecular weight is 263 g/mol. The second-order valence-corrected chi connectivity index (χ2v) is 5.16. The SMILES string of the molecule is N#C/C(=C/NC1CCCC1)C(=O)NCC1CCCO1. The van der Waals surface area contributed by atoms with Crippen molar-refractivity contribution >= 4 is 5.91 Å². The molecule has 1 saturated carbocycles. The maximum atomic E-state index is 11.8. The number of ether oxygens (including phenoxy) is 1. The van der Waals surface area contributed by atoms with E-state index in [1.54, 1.807) is 6.20 Å². The zero-order valence-corrected chi connectivity index (χ0v) is 11.2.